The topological polar surface area (TPSA) is 107 Å². The second-order valence-corrected chi connectivity index (χ2v) is 8.25. The van der Waals surface area contributed by atoms with Crippen LogP contribution in [0.1, 0.15) is 50.3 Å². The van der Waals surface area contributed by atoms with Crippen molar-refractivity contribution in [2.75, 3.05) is 6.54 Å². The quantitative estimate of drug-likeness (QED) is 0.325. The number of ketones is 1. The van der Waals surface area contributed by atoms with Crippen LogP contribution in [-0.4, -0.2) is 40.9 Å². The lowest BCUT2D eigenvalue weighted by Crippen LogP contribution is -2.43. The Morgan fingerprint density at radius 2 is 2.04 bits per heavy atom. The number of aromatic nitrogens is 1. The molecule has 1 aromatic carbocycles. The molecule has 0 aliphatic heterocycles. The highest BCUT2D eigenvalue weighted by molar-refractivity contribution is 7.20. The lowest BCUT2D eigenvalue weighted by molar-refractivity contribution is 0.0488. The number of amidine groups is 1. The Balaban J connectivity index is 2.14. The van der Waals surface area contributed by atoms with Gasteiger partial charge >= 0.3 is 6.09 Å². The van der Waals surface area contributed by atoms with Crippen LogP contribution < -0.4 is 11.1 Å². The number of nitrogens with zero attached hydrogens (tertiary/aromatic N) is 2. The van der Waals surface area contributed by atoms with Gasteiger partial charge in [0.1, 0.15) is 5.60 Å². The van der Waals surface area contributed by atoms with Crippen LogP contribution in [0.2, 0.25) is 0 Å². The number of fused-ring (bicyclic) bond motifs is 1. The van der Waals surface area contributed by atoms with Crippen LogP contribution in [0.4, 0.5) is 4.79 Å². The number of hydrogen-bond acceptors (Lipinski definition) is 6. The maximum Gasteiger partial charge on any atom is 0.408 e. The van der Waals surface area contributed by atoms with Gasteiger partial charge in [0.25, 0.3) is 0 Å². The molecule has 2 rings (SSSR count). The molecule has 0 saturated carbocycles. The summed E-state index contributed by atoms with van der Waals surface area (Å²) >= 11 is 1.32. The van der Waals surface area contributed by atoms with E-state index in [4.69, 9.17) is 10.5 Å². The SMILES string of the molecule is CC(N)=NCCC[C@H](NC(=O)OC(C)(C)C)C(=O)c1nc2ccccc2s1. The van der Waals surface area contributed by atoms with Crippen LogP contribution in [-0.2, 0) is 4.74 Å². The smallest absolute Gasteiger partial charge is 0.408 e. The van der Waals surface area contributed by atoms with E-state index in [0.29, 0.717) is 30.2 Å². The number of carbonyl (C=O) groups is 2. The number of nitrogens with two attached hydrogens (primary N) is 1. The first-order chi connectivity index (χ1) is 12.7. The summed E-state index contributed by atoms with van der Waals surface area (Å²) in [4.78, 5) is 33.7. The van der Waals surface area contributed by atoms with E-state index in [0.717, 1.165) is 10.2 Å². The molecular weight excluding hydrogens is 364 g/mol. The highest BCUT2D eigenvalue weighted by Crippen LogP contribution is 2.23. The molecule has 146 valence electrons. The van der Waals surface area contributed by atoms with Gasteiger partial charge in [0.05, 0.1) is 22.1 Å². The summed E-state index contributed by atoms with van der Waals surface area (Å²) in [5.41, 5.74) is 5.66. The normalized spacial score (nSPS) is 13.4. The molecule has 3 N–H and O–H groups in total. The minimum atomic E-state index is -0.728. The van der Waals surface area contributed by atoms with E-state index in [2.05, 4.69) is 15.3 Å². The monoisotopic (exact) mass is 390 g/mol. The van der Waals surface area contributed by atoms with Gasteiger partial charge in [0.15, 0.2) is 5.01 Å². The maximum absolute atomic E-state index is 13.0. The van der Waals surface area contributed by atoms with Gasteiger partial charge in [-0.3, -0.25) is 9.79 Å². The molecule has 0 bridgehead atoms. The standard InChI is InChI=1S/C19H26N4O3S/c1-12(20)21-11-7-9-14(23-18(25)26-19(2,3)4)16(24)17-22-13-8-5-6-10-15(13)27-17/h5-6,8,10,14H,7,9,11H2,1-4H3,(H2,20,21)(H,23,25)/t14-/m0/s1. The number of hydrogen-bond donors (Lipinski definition) is 2. The summed E-state index contributed by atoms with van der Waals surface area (Å²) in [6, 6.07) is 6.82. The van der Waals surface area contributed by atoms with Gasteiger partial charge in [-0.2, -0.15) is 0 Å². The summed E-state index contributed by atoms with van der Waals surface area (Å²) < 4.78 is 6.22. The molecule has 0 fully saturated rings. The Hall–Kier alpha value is -2.48. The summed E-state index contributed by atoms with van der Waals surface area (Å²) in [6.45, 7) is 7.52. The molecule has 0 saturated heterocycles. The molecule has 0 aliphatic carbocycles. The highest BCUT2D eigenvalue weighted by atomic mass is 32.1. The number of nitrogens with one attached hydrogen (secondary N) is 1. The van der Waals surface area contributed by atoms with Crippen molar-refractivity contribution in [1.82, 2.24) is 10.3 Å². The van der Waals surface area contributed by atoms with Crippen LogP contribution in [0.25, 0.3) is 10.2 Å². The molecule has 7 nitrogen and oxygen atoms in total. The van der Waals surface area contributed by atoms with E-state index in [-0.39, 0.29) is 5.78 Å². The lowest BCUT2D eigenvalue weighted by Gasteiger charge is -2.22. The Labute approximate surface area is 163 Å². The van der Waals surface area contributed by atoms with Gasteiger partial charge in [-0.15, -0.1) is 11.3 Å². The molecule has 0 aliphatic rings. The zero-order chi connectivity index (χ0) is 20.0. The molecular formula is C19H26N4O3S. The summed E-state index contributed by atoms with van der Waals surface area (Å²) in [6.07, 6.45) is 0.400. The summed E-state index contributed by atoms with van der Waals surface area (Å²) in [5.74, 6) is 0.264. The van der Waals surface area contributed by atoms with Crippen LogP contribution >= 0.6 is 11.3 Å². The van der Waals surface area contributed by atoms with Gasteiger partial charge in [-0.25, -0.2) is 9.78 Å². The number of carbonyl (C=O) groups excluding carboxylic acids is 2. The van der Waals surface area contributed by atoms with Gasteiger partial charge in [-0.1, -0.05) is 12.1 Å². The van der Waals surface area contributed by atoms with Gasteiger partial charge in [0.2, 0.25) is 5.78 Å². The molecule has 0 radical (unpaired) electrons. The third kappa shape index (κ3) is 6.63. The molecule has 1 atom stereocenters. The number of amides is 1. The number of aliphatic imine (C=N–C) groups is 1. The number of ether oxygens (including phenoxy) is 1. The number of Topliss-reactive ketones (excluding diaryl/α,β-unsaturated/α-hetero) is 1. The van der Waals surface area contributed by atoms with Crippen LogP contribution in [0.3, 0.4) is 0 Å². The minimum Gasteiger partial charge on any atom is -0.444 e. The Morgan fingerprint density at radius 1 is 1.33 bits per heavy atom. The van der Waals surface area contributed by atoms with Crippen molar-refractivity contribution < 1.29 is 14.3 Å². The molecule has 2 aromatic rings. The van der Waals surface area contributed by atoms with E-state index >= 15 is 0 Å². The van der Waals surface area contributed by atoms with Crippen molar-refractivity contribution in [3.8, 4) is 0 Å². The Bertz CT molecular complexity index is 802. The number of para-hydroxylation sites is 1. The molecule has 1 aromatic heterocycles. The van der Waals surface area contributed by atoms with Crippen LogP contribution in [0.5, 0.6) is 0 Å². The fourth-order valence-corrected chi connectivity index (χ4v) is 3.36. The zero-order valence-corrected chi connectivity index (χ0v) is 16.9. The van der Waals surface area contributed by atoms with Crippen molar-refractivity contribution in [1.29, 1.82) is 0 Å². The molecule has 1 amide bonds. The van der Waals surface area contributed by atoms with Crippen LogP contribution in [0.15, 0.2) is 29.3 Å². The predicted octanol–water partition coefficient (Wildman–Crippen LogP) is 3.53. The molecule has 0 unspecified atom stereocenters. The maximum atomic E-state index is 13.0. The molecule has 1 heterocycles. The first-order valence-electron chi connectivity index (χ1n) is 8.81. The van der Waals surface area contributed by atoms with E-state index < -0.39 is 17.7 Å². The highest BCUT2D eigenvalue weighted by Gasteiger charge is 2.27. The molecule has 27 heavy (non-hydrogen) atoms. The van der Waals surface area contributed by atoms with E-state index in [1.807, 2.05) is 24.3 Å². The van der Waals surface area contributed by atoms with E-state index in [1.165, 1.54) is 11.3 Å². The first-order valence-corrected chi connectivity index (χ1v) is 9.63. The summed E-state index contributed by atoms with van der Waals surface area (Å²) in [7, 11) is 0. The van der Waals surface area contributed by atoms with E-state index in [1.54, 1.807) is 27.7 Å². The fraction of sp³-hybridized carbons (Fsp3) is 0.474. The minimum absolute atomic E-state index is 0.226. The van der Waals surface area contributed by atoms with Crippen LogP contribution in [0, 0.1) is 0 Å². The zero-order valence-electron chi connectivity index (χ0n) is 16.1. The molecule has 0 spiro atoms. The van der Waals surface area contributed by atoms with Gasteiger partial charge in [-0.05, 0) is 52.7 Å². The predicted molar refractivity (Wildman–Crippen MR) is 109 cm³/mol. The number of thiazole rings is 1. The fourth-order valence-electron chi connectivity index (χ4n) is 2.40. The lowest BCUT2D eigenvalue weighted by atomic mass is 10.1. The van der Waals surface area contributed by atoms with Crippen molar-refractivity contribution in [2.45, 2.75) is 52.2 Å². The second-order valence-electron chi connectivity index (χ2n) is 7.22. The Kier molecular flexibility index (Phi) is 6.90. The van der Waals surface area contributed by atoms with Gasteiger partial charge in [0, 0.05) is 6.54 Å². The Morgan fingerprint density at radius 3 is 2.67 bits per heavy atom. The molecule has 8 heteroatoms. The van der Waals surface area contributed by atoms with E-state index in [9.17, 15) is 9.59 Å². The average molecular weight is 391 g/mol. The number of rotatable bonds is 7. The first kappa shape index (κ1) is 20.8. The van der Waals surface area contributed by atoms with Crippen molar-refractivity contribution in [3.63, 3.8) is 0 Å². The third-order valence-electron chi connectivity index (χ3n) is 3.52. The second kappa shape index (κ2) is 8.94. The summed E-state index contributed by atoms with van der Waals surface area (Å²) in [5, 5.41) is 3.05. The average Bonchev–Trinajstić information content (AvgIpc) is 2.99. The van der Waals surface area contributed by atoms with Gasteiger partial charge < -0.3 is 15.8 Å². The number of alkyl carbamates (subject to hydrolysis) is 1. The third-order valence-corrected chi connectivity index (χ3v) is 4.58. The van der Waals surface area contributed by atoms with Crippen molar-refractivity contribution in [2.24, 2.45) is 10.7 Å². The van der Waals surface area contributed by atoms with Crippen molar-refractivity contribution >= 4 is 39.3 Å². The largest absolute Gasteiger partial charge is 0.444 e. The number of benzene rings is 1. The van der Waals surface area contributed by atoms with Crippen molar-refractivity contribution in [3.05, 3.63) is 29.3 Å².